The lowest BCUT2D eigenvalue weighted by atomic mass is 10.0. The molecule has 0 bridgehead atoms. The first-order valence-corrected chi connectivity index (χ1v) is 5.96. The molecule has 1 unspecified atom stereocenters. The molecule has 1 saturated heterocycles. The quantitative estimate of drug-likeness (QED) is 0.548. The van der Waals surface area contributed by atoms with Crippen molar-refractivity contribution in [3.8, 4) is 0 Å². The van der Waals surface area contributed by atoms with E-state index in [1.165, 1.54) is 20.8 Å². The smallest absolute Gasteiger partial charge is 0.304 e. The van der Waals surface area contributed by atoms with E-state index in [9.17, 15) is 14.4 Å². The van der Waals surface area contributed by atoms with E-state index in [1.807, 2.05) is 0 Å². The number of hydrogen-bond acceptors (Lipinski definition) is 7. The van der Waals surface area contributed by atoms with Crippen LogP contribution in [-0.4, -0.2) is 42.5 Å². The van der Waals surface area contributed by atoms with E-state index in [1.54, 1.807) is 6.92 Å². The highest BCUT2D eigenvalue weighted by Gasteiger charge is 2.42. The van der Waals surface area contributed by atoms with Crippen LogP contribution in [0.15, 0.2) is 0 Å². The van der Waals surface area contributed by atoms with Gasteiger partial charge in [0.25, 0.3) is 0 Å². The van der Waals surface area contributed by atoms with Crippen LogP contribution >= 0.6 is 0 Å². The highest BCUT2D eigenvalue weighted by molar-refractivity contribution is 5.67. The van der Waals surface area contributed by atoms with Crippen LogP contribution in [0.4, 0.5) is 0 Å². The molecule has 1 heterocycles. The van der Waals surface area contributed by atoms with Crippen molar-refractivity contribution in [2.75, 3.05) is 0 Å². The summed E-state index contributed by atoms with van der Waals surface area (Å²) >= 11 is 0. The fourth-order valence-corrected chi connectivity index (χ4v) is 1.95. The van der Waals surface area contributed by atoms with Gasteiger partial charge in [0.2, 0.25) is 6.29 Å². The van der Waals surface area contributed by atoms with Crippen LogP contribution in [0.2, 0.25) is 0 Å². The number of carbonyl (C=O) groups is 3. The molecule has 0 aliphatic carbocycles. The van der Waals surface area contributed by atoms with Gasteiger partial charge in [-0.05, 0) is 6.92 Å². The molecule has 7 heteroatoms. The summed E-state index contributed by atoms with van der Waals surface area (Å²) in [4.78, 5) is 33.0. The van der Waals surface area contributed by atoms with Gasteiger partial charge in [-0.3, -0.25) is 14.4 Å². The van der Waals surface area contributed by atoms with Gasteiger partial charge >= 0.3 is 17.9 Å². The molecule has 4 atom stereocenters. The highest BCUT2D eigenvalue weighted by atomic mass is 16.7. The standard InChI is InChI=1S/C12H18O7/c1-6-12(19-9(4)15)10(17-7(2)13)5-11(16-6)18-8(3)14/h6,10-12H,5H2,1-4H3/t6-,10-,11?,12-/m1/s1. The van der Waals surface area contributed by atoms with Crippen molar-refractivity contribution in [3.05, 3.63) is 0 Å². The first kappa shape index (κ1) is 15.4. The van der Waals surface area contributed by atoms with E-state index in [0.717, 1.165) is 0 Å². The third-order valence-electron chi connectivity index (χ3n) is 2.54. The van der Waals surface area contributed by atoms with Gasteiger partial charge in [0.15, 0.2) is 6.10 Å². The predicted molar refractivity (Wildman–Crippen MR) is 61.8 cm³/mol. The van der Waals surface area contributed by atoms with Crippen LogP contribution in [0.1, 0.15) is 34.1 Å². The van der Waals surface area contributed by atoms with Crippen molar-refractivity contribution >= 4 is 17.9 Å². The normalized spacial score (nSPS) is 30.3. The maximum Gasteiger partial charge on any atom is 0.304 e. The highest BCUT2D eigenvalue weighted by Crippen LogP contribution is 2.26. The average Bonchev–Trinajstić information content (AvgIpc) is 2.21. The summed E-state index contributed by atoms with van der Waals surface area (Å²) in [6, 6.07) is 0. The molecule has 0 saturated carbocycles. The molecule has 0 spiro atoms. The molecule has 19 heavy (non-hydrogen) atoms. The minimum Gasteiger partial charge on any atom is -0.458 e. The Morgan fingerprint density at radius 1 is 0.947 bits per heavy atom. The van der Waals surface area contributed by atoms with Crippen LogP contribution in [0, 0.1) is 0 Å². The minimum atomic E-state index is -0.816. The van der Waals surface area contributed by atoms with Crippen LogP contribution in [-0.2, 0) is 33.3 Å². The van der Waals surface area contributed by atoms with E-state index in [0.29, 0.717) is 0 Å². The van der Waals surface area contributed by atoms with Crippen LogP contribution in [0.25, 0.3) is 0 Å². The van der Waals surface area contributed by atoms with Crippen LogP contribution in [0.5, 0.6) is 0 Å². The largest absolute Gasteiger partial charge is 0.458 e. The Labute approximate surface area is 111 Å². The number of ether oxygens (including phenoxy) is 4. The van der Waals surface area contributed by atoms with Crippen LogP contribution in [0.3, 0.4) is 0 Å². The summed E-state index contributed by atoms with van der Waals surface area (Å²) in [5.74, 6) is -1.49. The third kappa shape index (κ3) is 4.86. The van der Waals surface area contributed by atoms with Gasteiger partial charge < -0.3 is 18.9 Å². The van der Waals surface area contributed by atoms with Gasteiger partial charge in [0, 0.05) is 20.8 Å². The molecule has 108 valence electrons. The molecule has 1 aliphatic rings. The topological polar surface area (TPSA) is 88.1 Å². The molecule has 0 radical (unpaired) electrons. The fraction of sp³-hybridized carbons (Fsp3) is 0.750. The first-order valence-electron chi connectivity index (χ1n) is 5.96. The molecule has 0 aromatic rings. The maximum absolute atomic E-state index is 11.1. The number of carbonyl (C=O) groups excluding carboxylic acids is 3. The van der Waals surface area contributed by atoms with Crippen molar-refractivity contribution in [1.82, 2.24) is 0 Å². The lowest BCUT2D eigenvalue weighted by molar-refractivity contribution is -0.250. The summed E-state index contributed by atoms with van der Waals surface area (Å²) in [5, 5.41) is 0. The summed E-state index contributed by atoms with van der Waals surface area (Å²) in [5.41, 5.74) is 0. The van der Waals surface area contributed by atoms with Gasteiger partial charge in [-0.15, -0.1) is 0 Å². The number of rotatable bonds is 3. The molecule has 7 nitrogen and oxygen atoms in total. The predicted octanol–water partition coefficient (Wildman–Crippen LogP) is 0.548. The molecule has 0 N–H and O–H groups in total. The van der Waals surface area contributed by atoms with Gasteiger partial charge in [-0.25, -0.2) is 0 Å². The first-order chi connectivity index (χ1) is 8.79. The second-order valence-corrected chi connectivity index (χ2v) is 4.34. The monoisotopic (exact) mass is 274 g/mol. The summed E-state index contributed by atoms with van der Waals surface area (Å²) in [7, 11) is 0. The Morgan fingerprint density at radius 3 is 1.95 bits per heavy atom. The molecule has 0 amide bonds. The molecule has 0 aromatic heterocycles. The van der Waals surface area contributed by atoms with Crippen molar-refractivity contribution in [3.63, 3.8) is 0 Å². The van der Waals surface area contributed by atoms with Gasteiger partial charge in [-0.2, -0.15) is 0 Å². The fourth-order valence-electron chi connectivity index (χ4n) is 1.95. The Balaban J connectivity index is 2.77. The van der Waals surface area contributed by atoms with E-state index in [2.05, 4.69) is 0 Å². The van der Waals surface area contributed by atoms with Crippen LogP contribution < -0.4 is 0 Å². The molecule has 1 rings (SSSR count). The molecule has 1 fully saturated rings. The number of hydrogen-bond donors (Lipinski definition) is 0. The Morgan fingerprint density at radius 2 is 1.47 bits per heavy atom. The van der Waals surface area contributed by atoms with Gasteiger partial charge in [0.05, 0.1) is 12.5 Å². The lowest BCUT2D eigenvalue weighted by Crippen LogP contribution is -2.51. The Bertz CT molecular complexity index is 365. The molecule has 0 aromatic carbocycles. The summed E-state index contributed by atoms with van der Waals surface area (Å²) < 4.78 is 20.5. The van der Waals surface area contributed by atoms with E-state index in [-0.39, 0.29) is 6.42 Å². The van der Waals surface area contributed by atoms with E-state index in [4.69, 9.17) is 18.9 Å². The van der Waals surface area contributed by atoms with E-state index >= 15 is 0 Å². The second kappa shape index (κ2) is 6.51. The number of esters is 3. The third-order valence-corrected chi connectivity index (χ3v) is 2.54. The molecular formula is C12H18O7. The Hall–Kier alpha value is -1.63. The van der Waals surface area contributed by atoms with Crippen molar-refractivity contribution < 1.29 is 33.3 Å². The average molecular weight is 274 g/mol. The maximum atomic E-state index is 11.1. The molecular weight excluding hydrogens is 256 g/mol. The zero-order chi connectivity index (χ0) is 14.6. The van der Waals surface area contributed by atoms with Crippen molar-refractivity contribution in [2.45, 2.75) is 58.7 Å². The van der Waals surface area contributed by atoms with Gasteiger partial charge in [0.1, 0.15) is 6.10 Å². The van der Waals surface area contributed by atoms with Crippen molar-refractivity contribution in [2.24, 2.45) is 0 Å². The molecule has 1 aliphatic heterocycles. The van der Waals surface area contributed by atoms with Crippen molar-refractivity contribution in [1.29, 1.82) is 0 Å². The summed E-state index contributed by atoms with van der Waals surface area (Å²) in [6.45, 7) is 5.42. The minimum absolute atomic E-state index is 0.126. The second-order valence-electron chi connectivity index (χ2n) is 4.34. The lowest BCUT2D eigenvalue weighted by Gasteiger charge is -2.38. The zero-order valence-electron chi connectivity index (χ0n) is 11.4. The summed E-state index contributed by atoms with van der Waals surface area (Å²) in [6.07, 6.45) is -2.65. The van der Waals surface area contributed by atoms with E-state index < -0.39 is 42.5 Å². The Kier molecular flexibility index (Phi) is 5.29. The van der Waals surface area contributed by atoms with Gasteiger partial charge in [-0.1, -0.05) is 0 Å². The SMILES string of the molecule is CC(=O)OC1C[C@@H](OC(C)=O)[C@H](OC(C)=O)[C@@H](C)O1. The zero-order valence-corrected chi connectivity index (χ0v) is 11.4.